The van der Waals surface area contributed by atoms with Crippen molar-refractivity contribution in [3.63, 3.8) is 0 Å². The summed E-state index contributed by atoms with van der Waals surface area (Å²) in [6.45, 7) is 2.36. The van der Waals surface area contributed by atoms with Gasteiger partial charge in [0.05, 0.1) is 13.2 Å². The maximum atomic E-state index is 12.0. The molecule has 1 unspecified atom stereocenters. The molecule has 1 N–H and O–H groups in total. The summed E-state index contributed by atoms with van der Waals surface area (Å²) in [6.07, 6.45) is 2.02. The van der Waals surface area contributed by atoms with Crippen LogP contribution in [0.4, 0.5) is 4.79 Å². The highest BCUT2D eigenvalue weighted by molar-refractivity contribution is 5.83. The molecule has 0 aliphatic carbocycles. The fourth-order valence-electron chi connectivity index (χ4n) is 2.13. The standard InChI is InChI=1S/C10H16N2O4/c13-9(14)8-7-16-6-5-12(8)10(15)11-3-1-2-4-11/h8H,1-7H2,(H,13,14). The van der Waals surface area contributed by atoms with Gasteiger partial charge in [-0.05, 0) is 12.8 Å². The quantitative estimate of drug-likeness (QED) is 0.685. The maximum Gasteiger partial charge on any atom is 0.328 e. The largest absolute Gasteiger partial charge is 0.480 e. The van der Waals surface area contributed by atoms with Crippen molar-refractivity contribution in [3.8, 4) is 0 Å². The van der Waals surface area contributed by atoms with Crippen LogP contribution in [0.5, 0.6) is 0 Å². The van der Waals surface area contributed by atoms with Crippen LogP contribution in [0.1, 0.15) is 12.8 Å². The number of rotatable bonds is 1. The summed E-state index contributed by atoms with van der Waals surface area (Å²) in [7, 11) is 0. The molecule has 16 heavy (non-hydrogen) atoms. The van der Waals surface area contributed by atoms with Gasteiger partial charge in [-0.25, -0.2) is 9.59 Å². The third-order valence-corrected chi connectivity index (χ3v) is 3.04. The first-order chi connectivity index (χ1) is 7.70. The lowest BCUT2D eigenvalue weighted by Crippen LogP contribution is -2.56. The zero-order chi connectivity index (χ0) is 11.5. The average molecular weight is 228 g/mol. The molecule has 2 aliphatic heterocycles. The van der Waals surface area contributed by atoms with E-state index in [2.05, 4.69) is 0 Å². The number of amides is 2. The van der Waals surface area contributed by atoms with Gasteiger partial charge in [-0.15, -0.1) is 0 Å². The molecule has 2 saturated heterocycles. The second kappa shape index (κ2) is 4.69. The molecule has 2 heterocycles. The molecule has 6 nitrogen and oxygen atoms in total. The van der Waals surface area contributed by atoms with Crippen LogP contribution in [-0.2, 0) is 9.53 Å². The van der Waals surface area contributed by atoms with E-state index in [1.54, 1.807) is 4.90 Å². The Morgan fingerprint density at radius 3 is 2.50 bits per heavy atom. The number of hydrogen-bond donors (Lipinski definition) is 1. The van der Waals surface area contributed by atoms with Crippen LogP contribution in [0.25, 0.3) is 0 Å². The van der Waals surface area contributed by atoms with E-state index >= 15 is 0 Å². The Labute approximate surface area is 93.8 Å². The van der Waals surface area contributed by atoms with Gasteiger partial charge in [-0.2, -0.15) is 0 Å². The lowest BCUT2D eigenvalue weighted by Gasteiger charge is -2.35. The third-order valence-electron chi connectivity index (χ3n) is 3.04. The topological polar surface area (TPSA) is 70.1 Å². The van der Waals surface area contributed by atoms with E-state index in [1.165, 1.54) is 4.90 Å². The van der Waals surface area contributed by atoms with E-state index in [0.717, 1.165) is 25.9 Å². The van der Waals surface area contributed by atoms with Crippen LogP contribution in [0.3, 0.4) is 0 Å². The molecule has 1 atom stereocenters. The Bertz CT molecular complexity index is 289. The van der Waals surface area contributed by atoms with E-state index in [0.29, 0.717) is 13.2 Å². The first kappa shape index (κ1) is 11.2. The Morgan fingerprint density at radius 1 is 1.19 bits per heavy atom. The molecule has 90 valence electrons. The Morgan fingerprint density at radius 2 is 1.88 bits per heavy atom. The van der Waals surface area contributed by atoms with E-state index in [9.17, 15) is 9.59 Å². The Balaban J connectivity index is 2.04. The molecule has 0 spiro atoms. The monoisotopic (exact) mass is 228 g/mol. The number of morpholine rings is 1. The molecule has 0 aromatic carbocycles. The number of likely N-dealkylation sites (tertiary alicyclic amines) is 1. The van der Waals surface area contributed by atoms with Gasteiger partial charge in [0.2, 0.25) is 0 Å². The van der Waals surface area contributed by atoms with Crippen LogP contribution in [0, 0.1) is 0 Å². The van der Waals surface area contributed by atoms with Gasteiger partial charge >= 0.3 is 12.0 Å². The zero-order valence-corrected chi connectivity index (χ0v) is 9.09. The number of carbonyl (C=O) groups is 2. The molecule has 2 amide bonds. The predicted molar refractivity (Wildman–Crippen MR) is 55.2 cm³/mol. The van der Waals surface area contributed by atoms with E-state index in [-0.39, 0.29) is 12.6 Å². The molecule has 2 fully saturated rings. The highest BCUT2D eigenvalue weighted by Gasteiger charge is 2.35. The molecular formula is C10H16N2O4. The summed E-state index contributed by atoms with van der Waals surface area (Å²) < 4.78 is 5.09. The van der Waals surface area contributed by atoms with E-state index in [1.807, 2.05) is 0 Å². The van der Waals surface area contributed by atoms with Crippen LogP contribution >= 0.6 is 0 Å². The smallest absolute Gasteiger partial charge is 0.328 e. The molecule has 6 heteroatoms. The number of carboxylic acid groups (broad SMARTS) is 1. The summed E-state index contributed by atoms with van der Waals surface area (Å²) in [6, 6.07) is -0.991. The molecular weight excluding hydrogens is 212 g/mol. The molecule has 0 aromatic rings. The number of urea groups is 1. The van der Waals surface area contributed by atoms with Crippen molar-refractivity contribution >= 4 is 12.0 Å². The number of carboxylic acids is 1. The van der Waals surface area contributed by atoms with Crippen LogP contribution in [0.2, 0.25) is 0 Å². The summed E-state index contributed by atoms with van der Waals surface area (Å²) in [5.74, 6) is -0.993. The Kier molecular flexibility index (Phi) is 3.28. The normalized spacial score (nSPS) is 25.9. The lowest BCUT2D eigenvalue weighted by atomic mass is 10.2. The zero-order valence-electron chi connectivity index (χ0n) is 9.09. The first-order valence-electron chi connectivity index (χ1n) is 5.56. The second-order valence-electron chi connectivity index (χ2n) is 4.10. The number of carbonyl (C=O) groups excluding carboxylic acids is 1. The van der Waals surface area contributed by atoms with Crippen LogP contribution in [0.15, 0.2) is 0 Å². The van der Waals surface area contributed by atoms with Crippen molar-refractivity contribution in [2.75, 3.05) is 32.8 Å². The summed E-state index contributed by atoms with van der Waals surface area (Å²) in [4.78, 5) is 26.2. The van der Waals surface area contributed by atoms with E-state index in [4.69, 9.17) is 9.84 Å². The van der Waals surface area contributed by atoms with Gasteiger partial charge in [0, 0.05) is 19.6 Å². The average Bonchev–Trinajstić information content (AvgIpc) is 2.81. The van der Waals surface area contributed by atoms with Crippen LogP contribution in [-0.4, -0.2) is 65.8 Å². The van der Waals surface area contributed by atoms with Crippen molar-refractivity contribution in [2.24, 2.45) is 0 Å². The first-order valence-corrected chi connectivity index (χ1v) is 5.56. The highest BCUT2D eigenvalue weighted by atomic mass is 16.5. The number of hydrogen-bond acceptors (Lipinski definition) is 3. The molecule has 0 saturated carbocycles. The minimum atomic E-state index is -0.993. The SMILES string of the molecule is O=C(O)C1COCCN1C(=O)N1CCCC1. The van der Waals surface area contributed by atoms with Crippen LogP contribution < -0.4 is 0 Å². The van der Waals surface area contributed by atoms with E-state index < -0.39 is 12.0 Å². The van der Waals surface area contributed by atoms with Gasteiger partial charge in [0.1, 0.15) is 0 Å². The van der Waals surface area contributed by atoms with Crippen molar-refractivity contribution in [1.29, 1.82) is 0 Å². The fourth-order valence-corrected chi connectivity index (χ4v) is 2.13. The lowest BCUT2D eigenvalue weighted by molar-refractivity contribution is -0.147. The Hall–Kier alpha value is -1.30. The summed E-state index contributed by atoms with van der Waals surface area (Å²) in [5, 5.41) is 9.01. The third kappa shape index (κ3) is 2.11. The van der Waals surface area contributed by atoms with Crippen molar-refractivity contribution < 1.29 is 19.4 Å². The highest BCUT2D eigenvalue weighted by Crippen LogP contribution is 2.15. The minimum absolute atomic E-state index is 0.0922. The van der Waals surface area contributed by atoms with Crippen molar-refractivity contribution in [3.05, 3.63) is 0 Å². The van der Waals surface area contributed by atoms with Gasteiger partial charge in [-0.3, -0.25) is 0 Å². The summed E-state index contributed by atoms with van der Waals surface area (Å²) in [5.41, 5.74) is 0. The van der Waals surface area contributed by atoms with Gasteiger partial charge in [0.25, 0.3) is 0 Å². The van der Waals surface area contributed by atoms with Gasteiger partial charge < -0.3 is 19.6 Å². The number of aliphatic carboxylic acids is 1. The predicted octanol–water partition coefficient (Wildman–Crippen LogP) is -0.0124. The summed E-state index contributed by atoms with van der Waals surface area (Å²) >= 11 is 0. The van der Waals surface area contributed by atoms with Crippen molar-refractivity contribution in [1.82, 2.24) is 9.80 Å². The fraction of sp³-hybridized carbons (Fsp3) is 0.800. The minimum Gasteiger partial charge on any atom is -0.480 e. The second-order valence-corrected chi connectivity index (χ2v) is 4.10. The molecule has 0 bridgehead atoms. The molecule has 2 rings (SSSR count). The maximum absolute atomic E-state index is 12.0. The number of nitrogens with zero attached hydrogens (tertiary/aromatic N) is 2. The van der Waals surface area contributed by atoms with Gasteiger partial charge in [0.15, 0.2) is 6.04 Å². The van der Waals surface area contributed by atoms with Crippen molar-refractivity contribution in [2.45, 2.75) is 18.9 Å². The molecule has 2 aliphatic rings. The van der Waals surface area contributed by atoms with Gasteiger partial charge in [-0.1, -0.05) is 0 Å². The number of ether oxygens (including phenoxy) is 1. The molecule has 0 radical (unpaired) electrons. The molecule has 0 aromatic heterocycles.